The van der Waals surface area contributed by atoms with Crippen LogP contribution in [0.3, 0.4) is 0 Å². The Labute approximate surface area is 331 Å². The Morgan fingerprint density at radius 2 is 0.930 bits per heavy atom. The van der Waals surface area contributed by atoms with Crippen LogP contribution in [0.2, 0.25) is 0 Å². The Bertz CT molecular complexity index is 3080. The lowest BCUT2D eigenvalue weighted by atomic mass is 9.74. The summed E-state index contributed by atoms with van der Waals surface area (Å²) in [6, 6.07) is 71.0. The van der Waals surface area contributed by atoms with Crippen molar-refractivity contribution in [2.45, 2.75) is 12.3 Å². The number of hydrogen-bond acceptors (Lipinski definition) is 3. The molecule has 8 aromatic carbocycles. The van der Waals surface area contributed by atoms with Gasteiger partial charge in [0.05, 0.1) is 11.4 Å². The summed E-state index contributed by atoms with van der Waals surface area (Å²) >= 11 is 0. The summed E-state index contributed by atoms with van der Waals surface area (Å²) in [4.78, 5) is 10.5. The smallest absolute Gasteiger partial charge is 0.160 e. The van der Waals surface area contributed by atoms with Crippen LogP contribution in [0.25, 0.3) is 89.2 Å². The third-order valence-corrected chi connectivity index (χ3v) is 11.8. The summed E-state index contributed by atoms with van der Waals surface area (Å²) in [5.74, 6) is 0.684. The van der Waals surface area contributed by atoms with Crippen molar-refractivity contribution in [3.05, 3.63) is 217 Å². The lowest BCUT2D eigenvalue weighted by molar-refractivity contribution is 0.670. The van der Waals surface area contributed by atoms with Gasteiger partial charge in [-0.1, -0.05) is 170 Å². The minimum Gasteiger partial charge on any atom is -0.455 e. The molecule has 0 radical (unpaired) electrons. The minimum absolute atomic E-state index is 0.269. The van der Waals surface area contributed by atoms with Crippen LogP contribution in [0.15, 0.2) is 205 Å². The first kappa shape index (κ1) is 33.0. The second-order valence-electron chi connectivity index (χ2n) is 15.1. The highest BCUT2D eigenvalue weighted by molar-refractivity contribution is 6.09. The van der Waals surface area contributed by atoms with Crippen molar-refractivity contribution >= 4 is 21.9 Å². The van der Waals surface area contributed by atoms with E-state index in [4.69, 9.17) is 14.4 Å². The van der Waals surface area contributed by atoms with E-state index in [1.165, 1.54) is 27.8 Å². The van der Waals surface area contributed by atoms with Gasteiger partial charge in [0, 0.05) is 38.4 Å². The number of aromatic nitrogens is 2. The minimum atomic E-state index is -0.269. The lowest BCUT2D eigenvalue weighted by Crippen LogP contribution is -2.22. The predicted octanol–water partition coefficient (Wildman–Crippen LogP) is 14.0. The van der Waals surface area contributed by atoms with Gasteiger partial charge in [0.25, 0.3) is 0 Å². The molecule has 2 aromatic heterocycles. The van der Waals surface area contributed by atoms with Crippen LogP contribution in [0, 0.1) is 0 Å². The Morgan fingerprint density at radius 3 is 1.65 bits per heavy atom. The molecule has 2 heterocycles. The Hall–Kier alpha value is -7.36. The van der Waals surface area contributed by atoms with Crippen LogP contribution in [0.4, 0.5) is 0 Å². The van der Waals surface area contributed by atoms with Crippen LogP contribution in [0.1, 0.15) is 23.6 Å². The van der Waals surface area contributed by atoms with Gasteiger partial charge >= 0.3 is 0 Å². The molecule has 0 spiro atoms. The molecule has 11 rings (SSSR count). The van der Waals surface area contributed by atoms with Crippen LogP contribution < -0.4 is 0 Å². The van der Waals surface area contributed by atoms with E-state index in [2.05, 4.69) is 177 Å². The van der Waals surface area contributed by atoms with Gasteiger partial charge in [0.2, 0.25) is 0 Å². The van der Waals surface area contributed by atoms with Crippen molar-refractivity contribution in [1.29, 1.82) is 0 Å². The molecule has 0 amide bonds. The second-order valence-corrected chi connectivity index (χ2v) is 15.1. The summed E-state index contributed by atoms with van der Waals surface area (Å²) < 4.78 is 6.55. The number of para-hydroxylation sites is 2. The normalized spacial score (nSPS) is 12.8. The zero-order valence-corrected chi connectivity index (χ0v) is 31.4. The molecule has 0 aliphatic heterocycles. The summed E-state index contributed by atoms with van der Waals surface area (Å²) in [7, 11) is 0. The van der Waals surface area contributed by atoms with Crippen molar-refractivity contribution in [1.82, 2.24) is 9.97 Å². The molecule has 0 fully saturated rings. The van der Waals surface area contributed by atoms with E-state index in [0.717, 1.165) is 72.3 Å². The Morgan fingerprint density at radius 1 is 0.386 bits per heavy atom. The van der Waals surface area contributed by atoms with Crippen molar-refractivity contribution in [2.75, 3.05) is 0 Å². The predicted molar refractivity (Wildman–Crippen MR) is 234 cm³/mol. The molecule has 0 N–H and O–H groups in total. The van der Waals surface area contributed by atoms with E-state index < -0.39 is 0 Å². The molecule has 0 bridgehead atoms. The highest BCUT2D eigenvalue weighted by atomic mass is 16.3. The van der Waals surface area contributed by atoms with Gasteiger partial charge < -0.3 is 4.42 Å². The monoisotopic (exact) mass is 728 g/mol. The van der Waals surface area contributed by atoms with Gasteiger partial charge in [-0.15, -0.1) is 0 Å². The van der Waals surface area contributed by atoms with E-state index in [1.807, 2.05) is 30.3 Å². The Kier molecular flexibility index (Phi) is 7.61. The average Bonchev–Trinajstić information content (AvgIpc) is 3.80. The Balaban J connectivity index is 1.08. The fourth-order valence-corrected chi connectivity index (χ4v) is 8.90. The van der Waals surface area contributed by atoms with Crippen molar-refractivity contribution in [3.63, 3.8) is 0 Å². The molecule has 0 saturated heterocycles. The number of rotatable bonds is 6. The summed E-state index contributed by atoms with van der Waals surface area (Å²) in [6.07, 6.45) is 0. The molecule has 0 saturated carbocycles. The second kappa shape index (κ2) is 13.1. The van der Waals surface area contributed by atoms with E-state index in [1.54, 1.807) is 0 Å². The molecule has 3 nitrogen and oxygen atoms in total. The first-order chi connectivity index (χ1) is 28.1. The topological polar surface area (TPSA) is 38.9 Å². The number of hydrogen-bond donors (Lipinski definition) is 0. The molecule has 10 aromatic rings. The maximum absolute atomic E-state index is 6.55. The van der Waals surface area contributed by atoms with Gasteiger partial charge in [-0.3, -0.25) is 0 Å². The third-order valence-electron chi connectivity index (χ3n) is 11.8. The molecule has 3 heteroatoms. The van der Waals surface area contributed by atoms with Crippen molar-refractivity contribution in [3.8, 4) is 67.3 Å². The van der Waals surface area contributed by atoms with Gasteiger partial charge in [-0.05, 0) is 81.8 Å². The molecule has 268 valence electrons. The van der Waals surface area contributed by atoms with E-state index in [-0.39, 0.29) is 5.41 Å². The molecular weight excluding hydrogens is 693 g/mol. The van der Waals surface area contributed by atoms with Crippen LogP contribution >= 0.6 is 0 Å². The van der Waals surface area contributed by atoms with Gasteiger partial charge in [0.1, 0.15) is 11.2 Å². The van der Waals surface area contributed by atoms with E-state index >= 15 is 0 Å². The summed E-state index contributed by atoms with van der Waals surface area (Å²) in [5, 5.41) is 2.22. The first-order valence-corrected chi connectivity index (χ1v) is 19.5. The summed E-state index contributed by atoms with van der Waals surface area (Å²) in [6.45, 7) is 2.35. The number of nitrogens with zero attached hydrogens (tertiary/aromatic N) is 2. The van der Waals surface area contributed by atoms with Crippen LogP contribution in [0.5, 0.6) is 0 Å². The zero-order chi connectivity index (χ0) is 37.9. The van der Waals surface area contributed by atoms with E-state index in [0.29, 0.717) is 5.82 Å². The van der Waals surface area contributed by atoms with Crippen LogP contribution in [-0.4, -0.2) is 9.97 Å². The maximum Gasteiger partial charge on any atom is 0.160 e. The average molecular weight is 729 g/mol. The molecular formula is C54H36N2O. The van der Waals surface area contributed by atoms with Gasteiger partial charge in [-0.2, -0.15) is 0 Å². The molecule has 1 aliphatic carbocycles. The SMILES string of the molecule is CC1(c2ccc(-c3cc(-c4cc(-c5ccccc5)cc(-c5cccc6c5oc5ccccc56)c4)nc(-c4ccccc4)n3)cc2)c2ccccc2-c2ccccc21. The standard InChI is InChI=1S/C54H36N2O/c1-54(47-24-11-8-19-43(47)44-20-9-12-25-48(44)54)41-29-27-36(28-30-41)49-34-50(56-53(55-49)37-17-6-3-7-18-37)40-32-38(35-15-4-2-5-16-35)31-39(33-40)42-22-14-23-46-45-21-10-13-26-51(45)57-52(42)46/h2-34H,1H3. The fourth-order valence-electron chi connectivity index (χ4n) is 8.90. The molecule has 0 unspecified atom stereocenters. The highest BCUT2D eigenvalue weighted by Crippen LogP contribution is 2.52. The van der Waals surface area contributed by atoms with E-state index in [9.17, 15) is 0 Å². The summed E-state index contributed by atoms with van der Waals surface area (Å²) in [5.41, 5.74) is 17.1. The molecule has 0 atom stereocenters. The third kappa shape index (κ3) is 5.43. The van der Waals surface area contributed by atoms with Gasteiger partial charge in [0.15, 0.2) is 5.82 Å². The fraction of sp³-hybridized carbons (Fsp3) is 0.0370. The lowest BCUT2D eigenvalue weighted by Gasteiger charge is -2.28. The number of benzene rings is 8. The van der Waals surface area contributed by atoms with Crippen molar-refractivity contribution in [2.24, 2.45) is 0 Å². The van der Waals surface area contributed by atoms with Crippen molar-refractivity contribution < 1.29 is 4.42 Å². The van der Waals surface area contributed by atoms with Gasteiger partial charge in [-0.25, -0.2) is 9.97 Å². The zero-order valence-electron chi connectivity index (χ0n) is 31.4. The maximum atomic E-state index is 6.55. The number of furan rings is 1. The molecule has 1 aliphatic rings. The quantitative estimate of drug-likeness (QED) is 0.171. The highest BCUT2D eigenvalue weighted by Gasteiger charge is 2.40. The largest absolute Gasteiger partial charge is 0.455 e. The molecule has 57 heavy (non-hydrogen) atoms. The number of fused-ring (bicyclic) bond motifs is 6. The first-order valence-electron chi connectivity index (χ1n) is 19.5. The van der Waals surface area contributed by atoms with Crippen LogP contribution in [-0.2, 0) is 5.41 Å².